The third-order valence-electron chi connectivity index (χ3n) is 3.84. The van der Waals surface area contributed by atoms with Crippen molar-refractivity contribution in [3.63, 3.8) is 0 Å². The minimum absolute atomic E-state index is 0.0972. The number of thioether (sulfide) groups is 1. The van der Waals surface area contributed by atoms with Crippen molar-refractivity contribution in [2.45, 2.75) is 10.1 Å². The predicted molar refractivity (Wildman–Crippen MR) is 118 cm³/mol. The number of hydrogen-bond acceptors (Lipinski definition) is 8. The molecular formula is C20H16N4O2S2Se. The topological polar surface area (TPSA) is 80.5 Å². The van der Waals surface area contributed by atoms with Crippen LogP contribution in [0.2, 0.25) is 0 Å². The molecule has 2 aromatic heterocycles. The monoisotopic (exact) mass is 488 g/mol. The maximum atomic E-state index is 9.65. The first kappa shape index (κ1) is 19.8. The molecule has 1 N–H and O–H groups in total. The summed E-state index contributed by atoms with van der Waals surface area (Å²) >= 11 is 3.33. The number of benzene rings is 2. The summed E-state index contributed by atoms with van der Waals surface area (Å²) < 4.78 is 7.13. The van der Waals surface area contributed by atoms with Gasteiger partial charge in [-0.1, -0.05) is 0 Å². The smallest absolute Gasteiger partial charge is 0.504 e. The SMILES string of the molecule is COc1cc(C=Nc2nnc(SCc3c[se]c(-c4ccccc4)n3)s2)ccc1O. The quantitative estimate of drug-likeness (QED) is 0.236. The molecule has 4 rings (SSSR count). The van der Waals surface area contributed by atoms with Gasteiger partial charge in [0.25, 0.3) is 0 Å². The molecule has 0 aliphatic carbocycles. The van der Waals surface area contributed by atoms with Gasteiger partial charge in [0.1, 0.15) is 0 Å². The zero-order valence-corrected chi connectivity index (χ0v) is 18.7. The Morgan fingerprint density at radius 2 is 2.07 bits per heavy atom. The fourth-order valence-electron chi connectivity index (χ4n) is 2.44. The molecule has 0 bridgehead atoms. The van der Waals surface area contributed by atoms with Crippen molar-refractivity contribution in [3.05, 3.63) is 64.7 Å². The molecule has 0 spiro atoms. The van der Waals surface area contributed by atoms with Gasteiger partial charge in [-0.25, -0.2) is 0 Å². The van der Waals surface area contributed by atoms with E-state index in [0.29, 0.717) is 10.9 Å². The first-order chi connectivity index (χ1) is 14.2. The van der Waals surface area contributed by atoms with Crippen LogP contribution in [0.25, 0.3) is 10.1 Å². The van der Waals surface area contributed by atoms with E-state index in [1.165, 1.54) is 28.6 Å². The molecule has 0 saturated heterocycles. The van der Waals surface area contributed by atoms with E-state index in [2.05, 4.69) is 32.3 Å². The Balaban J connectivity index is 1.37. The van der Waals surface area contributed by atoms with Crippen LogP contribution in [0.3, 0.4) is 0 Å². The fourth-order valence-corrected chi connectivity index (χ4v) is 5.99. The molecule has 2 aromatic carbocycles. The minimum atomic E-state index is 0.0972. The van der Waals surface area contributed by atoms with Gasteiger partial charge in [0.2, 0.25) is 0 Å². The van der Waals surface area contributed by atoms with E-state index in [1.54, 1.807) is 36.2 Å². The van der Waals surface area contributed by atoms with Crippen molar-refractivity contribution in [2.24, 2.45) is 4.99 Å². The molecule has 6 nitrogen and oxygen atoms in total. The Morgan fingerprint density at radius 3 is 2.90 bits per heavy atom. The van der Waals surface area contributed by atoms with Crippen molar-refractivity contribution in [2.75, 3.05) is 7.11 Å². The summed E-state index contributed by atoms with van der Waals surface area (Å²) in [5.74, 6) is 1.27. The summed E-state index contributed by atoms with van der Waals surface area (Å²) in [7, 11) is 1.51. The summed E-state index contributed by atoms with van der Waals surface area (Å²) in [6.45, 7) is 0. The van der Waals surface area contributed by atoms with Gasteiger partial charge >= 0.3 is 160 Å². The van der Waals surface area contributed by atoms with Crippen LogP contribution in [0, 0.1) is 0 Å². The Kier molecular flexibility index (Phi) is 6.41. The van der Waals surface area contributed by atoms with E-state index in [1.807, 2.05) is 18.2 Å². The van der Waals surface area contributed by atoms with Crippen LogP contribution in [-0.4, -0.2) is 48.1 Å². The van der Waals surface area contributed by atoms with E-state index in [-0.39, 0.29) is 20.3 Å². The molecule has 29 heavy (non-hydrogen) atoms. The Hall–Kier alpha value is -2.45. The average Bonchev–Trinajstić information content (AvgIpc) is 3.42. The van der Waals surface area contributed by atoms with Crippen molar-refractivity contribution in [1.82, 2.24) is 15.2 Å². The molecule has 4 aromatic rings. The van der Waals surface area contributed by atoms with Gasteiger partial charge in [0, 0.05) is 0 Å². The molecule has 0 unspecified atom stereocenters. The minimum Gasteiger partial charge on any atom is -0.504 e. The van der Waals surface area contributed by atoms with Gasteiger partial charge in [0.05, 0.1) is 7.11 Å². The average molecular weight is 487 g/mol. The molecule has 0 fully saturated rings. The third kappa shape index (κ3) is 5.13. The van der Waals surface area contributed by atoms with E-state index >= 15 is 0 Å². The normalized spacial score (nSPS) is 11.2. The van der Waals surface area contributed by atoms with Crippen molar-refractivity contribution in [1.29, 1.82) is 0 Å². The summed E-state index contributed by atoms with van der Waals surface area (Å²) in [5.41, 5.74) is 3.10. The number of methoxy groups -OCH3 is 1. The number of nitrogens with zero attached hydrogens (tertiary/aromatic N) is 4. The summed E-state index contributed by atoms with van der Waals surface area (Å²) in [4.78, 5) is 11.3. The number of hydrogen-bond donors (Lipinski definition) is 1. The van der Waals surface area contributed by atoms with E-state index in [4.69, 9.17) is 9.72 Å². The molecule has 146 valence electrons. The zero-order valence-electron chi connectivity index (χ0n) is 15.3. The molecule has 2 heterocycles. The van der Waals surface area contributed by atoms with Gasteiger partial charge < -0.3 is 9.84 Å². The summed E-state index contributed by atoms with van der Waals surface area (Å²) in [6.07, 6.45) is 1.68. The van der Waals surface area contributed by atoms with Crippen LogP contribution in [0.15, 0.2) is 62.8 Å². The second-order valence-corrected chi connectivity index (χ2v) is 9.82. The van der Waals surface area contributed by atoms with E-state index in [9.17, 15) is 5.11 Å². The number of phenolic OH excluding ortho intramolecular Hbond substituents is 1. The predicted octanol–water partition coefficient (Wildman–Crippen LogP) is 4.41. The van der Waals surface area contributed by atoms with Gasteiger partial charge in [0.15, 0.2) is 5.75 Å². The van der Waals surface area contributed by atoms with Gasteiger partial charge in [-0.05, 0) is 0 Å². The van der Waals surface area contributed by atoms with Crippen LogP contribution in [-0.2, 0) is 5.75 Å². The second kappa shape index (κ2) is 9.36. The van der Waals surface area contributed by atoms with Gasteiger partial charge in [-0.15, -0.1) is 0 Å². The van der Waals surface area contributed by atoms with Crippen LogP contribution >= 0.6 is 23.1 Å². The standard InChI is InChI=1S/C20H16N4O2S2Se/c1-26-17-9-13(7-8-16(17)25)10-21-19-23-24-20(28-19)27-11-15-12-29-18(22-15)14-5-3-2-4-6-14/h2-10,12,25H,11H2,1H3. The number of aliphatic imine (C=N–C) groups is 1. The van der Waals surface area contributed by atoms with Crippen LogP contribution in [0.5, 0.6) is 11.5 Å². The first-order valence-corrected chi connectivity index (χ1v) is 12.2. The van der Waals surface area contributed by atoms with E-state index < -0.39 is 0 Å². The summed E-state index contributed by atoms with van der Waals surface area (Å²) in [5, 5.41) is 18.5. The third-order valence-corrected chi connectivity index (χ3v) is 7.81. The first-order valence-electron chi connectivity index (χ1n) is 8.58. The maximum absolute atomic E-state index is 9.65. The van der Waals surface area contributed by atoms with Gasteiger partial charge in [-0.3, -0.25) is 0 Å². The van der Waals surface area contributed by atoms with Crippen LogP contribution in [0.4, 0.5) is 5.13 Å². The Bertz CT molecular complexity index is 1130. The molecule has 0 saturated carbocycles. The number of aromatic nitrogens is 3. The molecule has 0 aliphatic heterocycles. The van der Waals surface area contributed by atoms with Crippen molar-refractivity contribution >= 4 is 48.9 Å². The number of ether oxygens (including phenoxy) is 1. The Morgan fingerprint density at radius 1 is 1.21 bits per heavy atom. The molecule has 0 amide bonds. The fraction of sp³-hybridized carbons (Fsp3) is 0.100. The summed E-state index contributed by atoms with van der Waals surface area (Å²) in [6, 6.07) is 15.3. The van der Waals surface area contributed by atoms with Crippen LogP contribution in [0.1, 0.15) is 11.3 Å². The molecule has 0 aliphatic rings. The molecule has 0 atom stereocenters. The zero-order chi connectivity index (χ0) is 20.1. The van der Waals surface area contributed by atoms with Gasteiger partial charge in [-0.2, -0.15) is 0 Å². The van der Waals surface area contributed by atoms with Crippen molar-refractivity contribution in [3.8, 4) is 21.6 Å². The number of aromatic hydroxyl groups is 1. The molecule has 9 heteroatoms. The molecule has 0 radical (unpaired) electrons. The number of rotatable bonds is 7. The van der Waals surface area contributed by atoms with Crippen LogP contribution < -0.4 is 4.74 Å². The molecular weight excluding hydrogens is 471 g/mol. The van der Waals surface area contributed by atoms with Crippen molar-refractivity contribution < 1.29 is 9.84 Å². The van der Waals surface area contributed by atoms with E-state index in [0.717, 1.165) is 21.3 Å². The Labute approximate surface area is 182 Å². The second-order valence-electron chi connectivity index (χ2n) is 5.84. The number of phenols is 1.